The molecule has 0 saturated heterocycles. The first-order valence-corrected chi connectivity index (χ1v) is 12.9. The Bertz CT molecular complexity index is 733. The van der Waals surface area contributed by atoms with Crippen LogP contribution in [0.3, 0.4) is 0 Å². The Morgan fingerprint density at radius 2 is 1.27 bits per heavy atom. The SMILES string of the molecule is CC[C@@H]1COC(c2cc(OCCCCCCCCCCCO)cc(C3=N[C@H](CC)CO3)n2)=N1. The molecule has 0 spiro atoms. The first kappa shape index (κ1) is 25.5. The second-order valence-corrected chi connectivity index (χ2v) is 8.94. The van der Waals surface area contributed by atoms with Gasteiger partial charge in [-0.25, -0.2) is 15.0 Å². The van der Waals surface area contributed by atoms with Crippen molar-refractivity contribution in [3.63, 3.8) is 0 Å². The van der Waals surface area contributed by atoms with Gasteiger partial charge in [-0.1, -0.05) is 58.8 Å². The van der Waals surface area contributed by atoms with Crippen molar-refractivity contribution in [2.45, 2.75) is 96.6 Å². The quantitative estimate of drug-likeness (QED) is 0.349. The summed E-state index contributed by atoms with van der Waals surface area (Å²) in [4.78, 5) is 14.1. The fraction of sp³-hybridized carbons (Fsp3) is 0.731. The second-order valence-electron chi connectivity index (χ2n) is 8.94. The Labute approximate surface area is 198 Å². The summed E-state index contributed by atoms with van der Waals surface area (Å²) in [6.45, 7) is 6.43. The third kappa shape index (κ3) is 8.29. The van der Waals surface area contributed by atoms with Gasteiger partial charge >= 0.3 is 0 Å². The molecule has 7 nitrogen and oxygen atoms in total. The highest BCUT2D eigenvalue weighted by Crippen LogP contribution is 2.22. The number of ether oxygens (including phenoxy) is 3. The maximum Gasteiger partial charge on any atom is 0.235 e. The van der Waals surface area contributed by atoms with Crippen LogP contribution in [0.4, 0.5) is 0 Å². The van der Waals surface area contributed by atoms with Crippen LogP contribution in [0.1, 0.15) is 95.9 Å². The van der Waals surface area contributed by atoms with Crippen LogP contribution in [-0.4, -0.2) is 60.4 Å². The van der Waals surface area contributed by atoms with Crippen LogP contribution in [-0.2, 0) is 9.47 Å². The van der Waals surface area contributed by atoms with Gasteiger partial charge in [0, 0.05) is 18.7 Å². The van der Waals surface area contributed by atoms with Gasteiger partial charge in [0.15, 0.2) is 0 Å². The summed E-state index contributed by atoms with van der Waals surface area (Å²) in [5.41, 5.74) is 1.37. The molecule has 0 aromatic carbocycles. The van der Waals surface area contributed by atoms with E-state index in [0.29, 0.717) is 49.6 Å². The average molecular weight is 460 g/mol. The van der Waals surface area contributed by atoms with Gasteiger partial charge in [-0.05, 0) is 25.7 Å². The van der Waals surface area contributed by atoms with E-state index in [-0.39, 0.29) is 12.1 Å². The molecule has 0 aliphatic carbocycles. The molecule has 0 unspecified atom stereocenters. The zero-order valence-corrected chi connectivity index (χ0v) is 20.4. The Balaban J connectivity index is 1.51. The zero-order chi connectivity index (χ0) is 23.3. The minimum atomic E-state index is 0.189. The van der Waals surface area contributed by atoms with E-state index >= 15 is 0 Å². The van der Waals surface area contributed by atoms with E-state index in [1.54, 1.807) is 0 Å². The monoisotopic (exact) mass is 459 g/mol. The molecule has 33 heavy (non-hydrogen) atoms. The van der Waals surface area contributed by atoms with E-state index in [0.717, 1.165) is 37.9 Å². The summed E-state index contributed by atoms with van der Waals surface area (Å²) < 4.78 is 17.7. The van der Waals surface area contributed by atoms with Crippen molar-refractivity contribution < 1.29 is 19.3 Å². The second kappa shape index (κ2) is 14.2. The number of aliphatic hydroxyl groups excluding tert-OH is 1. The molecule has 0 amide bonds. The lowest BCUT2D eigenvalue weighted by molar-refractivity contribution is 0.282. The summed E-state index contributed by atoms with van der Waals surface area (Å²) in [6, 6.07) is 4.21. The Hall–Kier alpha value is -2.15. The van der Waals surface area contributed by atoms with Gasteiger partial charge in [0.05, 0.1) is 18.7 Å². The number of aliphatic hydroxyl groups is 1. The smallest absolute Gasteiger partial charge is 0.235 e. The first-order chi connectivity index (χ1) is 16.2. The van der Waals surface area contributed by atoms with Crippen molar-refractivity contribution in [1.82, 2.24) is 4.98 Å². The number of aromatic nitrogens is 1. The third-order valence-corrected chi connectivity index (χ3v) is 6.18. The first-order valence-electron chi connectivity index (χ1n) is 12.9. The molecule has 0 fully saturated rings. The van der Waals surface area contributed by atoms with E-state index in [4.69, 9.17) is 24.3 Å². The molecule has 2 aliphatic rings. The minimum absolute atomic E-state index is 0.189. The van der Waals surface area contributed by atoms with Gasteiger partial charge in [0.25, 0.3) is 0 Å². The van der Waals surface area contributed by atoms with Crippen LogP contribution in [0, 0.1) is 0 Å². The van der Waals surface area contributed by atoms with Crippen molar-refractivity contribution in [1.29, 1.82) is 0 Å². The normalized spacial score (nSPS) is 19.7. The van der Waals surface area contributed by atoms with Gasteiger partial charge < -0.3 is 19.3 Å². The predicted molar refractivity (Wildman–Crippen MR) is 132 cm³/mol. The molecule has 0 saturated carbocycles. The van der Waals surface area contributed by atoms with E-state index in [1.165, 1.54) is 38.5 Å². The molecule has 1 aromatic rings. The van der Waals surface area contributed by atoms with Crippen molar-refractivity contribution >= 4 is 11.8 Å². The highest BCUT2D eigenvalue weighted by atomic mass is 16.5. The molecule has 3 rings (SSSR count). The lowest BCUT2D eigenvalue weighted by Gasteiger charge is -2.11. The van der Waals surface area contributed by atoms with E-state index < -0.39 is 0 Å². The van der Waals surface area contributed by atoms with Gasteiger partial charge in [-0.3, -0.25) is 0 Å². The molecule has 1 N–H and O–H groups in total. The molecule has 0 bridgehead atoms. The van der Waals surface area contributed by atoms with Crippen molar-refractivity contribution in [2.75, 3.05) is 26.4 Å². The number of hydrogen-bond acceptors (Lipinski definition) is 7. The van der Waals surface area contributed by atoms with Gasteiger partial charge in [0.2, 0.25) is 11.8 Å². The Morgan fingerprint density at radius 1 is 0.788 bits per heavy atom. The lowest BCUT2D eigenvalue weighted by atomic mass is 10.1. The van der Waals surface area contributed by atoms with Crippen LogP contribution >= 0.6 is 0 Å². The van der Waals surface area contributed by atoms with E-state index in [9.17, 15) is 0 Å². The topological polar surface area (TPSA) is 85.5 Å². The minimum Gasteiger partial charge on any atom is -0.493 e. The van der Waals surface area contributed by atoms with Crippen LogP contribution in [0.25, 0.3) is 0 Å². The molecule has 1 aromatic heterocycles. The molecular weight excluding hydrogens is 418 g/mol. The Kier molecular flexibility index (Phi) is 10.9. The molecule has 184 valence electrons. The summed E-state index contributed by atoms with van der Waals surface area (Å²) in [6.07, 6.45) is 12.5. The average Bonchev–Trinajstić information content (AvgIpc) is 3.52. The number of hydrogen-bond donors (Lipinski definition) is 1. The number of pyridine rings is 1. The number of rotatable bonds is 16. The van der Waals surface area contributed by atoms with Crippen molar-refractivity contribution in [2.24, 2.45) is 9.98 Å². The summed E-state index contributed by atoms with van der Waals surface area (Å²) in [5.74, 6) is 1.92. The van der Waals surface area contributed by atoms with Crippen LogP contribution < -0.4 is 4.74 Å². The fourth-order valence-corrected chi connectivity index (χ4v) is 3.98. The molecule has 2 atom stereocenters. The number of unbranched alkanes of at least 4 members (excludes halogenated alkanes) is 8. The maximum absolute atomic E-state index is 8.81. The summed E-state index contributed by atoms with van der Waals surface area (Å²) in [5, 5.41) is 8.81. The molecule has 3 heterocycles. The molecule has 0 radical (unpaired) electrons. The van der Waals surface area contributed by atoms with E-state index in [2.05, 4.69) is 23.8 Å². The molecule has 7 heteroatoms. The summed E-state index contributed by atoms with van der Waals surface area (Å²) >= 11 is 0. The van der Waals surface area contributed by atoms with E-state index in [1.807, 2.05) is 12.1 Å². The number of nitrogens with zero attached hydrogens (tertiary/aromatic N) is 3. The lowest BCUT2D eigenvalue weighted by Crippen LogP contribution is -2.11. The predicted octanol–water partition coefficient (Wildman–Crippen LogP) is 5.07. The highest BCUT2D eigenvalue weighted by Gasteiger charge is 2.24. The summed E-state index contributed by atoms with van der Waals surface area (Å²) in [7, 11) is 0. The van der Waals surface area contributed by atoms with Crippen LogP contribution in [0.2, 0.25) is 0 Å². The van der Waals surface area contributed by atoms with Crippen molar-refractivity contribution in [3.05, 3.63) is 23.5 Å². The van der Waals surface area contributed by atoms with Gasteiger partial charge in [-0.2, -0.15) is 0 Å². The van der Waals surface area contributed by atoms with Crippen LogP contribution in [0.15, 0.2) is 22.1 Å². The van der Waals surface area contributed by atoms with Crippen molar-refractivity contribution in [3.8, 4) is 5.75 Å². The molecular formula is C26H41N3O4. The number of aliphatic imine (C=N–C) groups is 2. The Morgan fingerprint density at radius 3 is 1.73 bits per heavy atom. The maximum atomic E-state index is 8.81. The largest absolute Gasteiger partial charge is 0.493 e. The van der Waals surface area contributed by atoms with Crippen LogP contribution in [0.5, 0.6) is 5.75 Å². The molecule has 2 aliphatic heterocycles. The fourth-order valence-electron chi connectivity index (χ4n) is 3.98. The highest BCUT2D eigenvalue weighted by molar-refractivity contribution is 5.97. The third-order valence-electron chi connectivity index (χ3n) is 6.18. The van der Waals surface area contributed by atoms with Gasteiger partial charge in [0.1, 0.15) is 30.4 Å². The van der Waals surface area contributed by atoms with Gasteiger partial charge in [-0.15, -0.1) is 0 Å². The standard InChI is InChI=1S/C26H41N3O4/c1-3-20-18-32-25(27-20)23-16-22(17-24(29-23)26-28-21(4-2)19-33-26)31-15-13-11-9-7-5-6-8-10-12-14-30/h16-17,20-21,30H,3-15,18-19H2,1-2H3/t20-,21-/m1/s1. The zero-order valence-electron chi connectivity index (χ0n) is 20.4.